The van der Waals surface area contributed by atoms with E-state index in [-0.39, 0.29) is 30.8 Å². The molecule has 1 aliphatic rings. The first-order valence-corrected chi connectivity index (χ1v) is 9.99. The summed E-state index contributed by atoms with van der Waals surface area (Å²) < 4.78 is 18.3. The van der Waals surface area contributed by atoms with E-state index in [2.05, 4.69) is 16.0 Å². The maximum absolute atomic E-state index is 13.2. The number of benzene rings is 1. The highest BCUT2D eigenvalue weighted by molar-refractivity contribution is 5.88. The summed E-state index contributed by atoms with van der Waals surface area (Å²) in [5.74, 6) is -1.34. The number of halogens is 1. The zero-order chi connectivity index (χ0) is 22.1. The molecular formula is C21H28FN3O5. The second kappa shape index (κ2) is 11.3. The van der Waals surface area contributed by atoms with Gasteiger partial charge < -0.3 is 25.5 Å². The van der Waals surface area contributed by atoms with Crippen LogP contribution >= 0.6 is 0 Å². The van der Waals surface area contributed by atoms with Crippen molar-refractivity contribution in [3.05, 3.63) is 35.6 Å². The van der Waals surface area contributed by atoms with Crippen molar-refractivity contribution in [1.82, 2.24) is 16.0 Å². The highest BCUT2D eigenvalue weighted by atomic mass is 19.1. The number of carbonyl (C=O) groups is 4. The molecule has 0 spiro atoms. The lowest BCUT2D eigenvalue weighted by atomic mass is 9.98. The zero-order valence-corrected chi connectivity index (χ0v) is 17.2. The molecule has 3 atom stereocenters. The topological polar surface area (TPSA) is 114 Å². The third-order valence-electron chi connectivity index (χ3n) is 4.77. The SMILES string of the molecule is CC(C)C[C@H](NC(=O)OCc1cccc(F)c1)C(=O)N[C@H](C=O)C[C@@H]1CCNC1=O. The molecular weight excluding hydrogens is 393 g/mol. The molecule has 1 aromatic carbocycles. The van der Waals surface area contributed by atoms with Crippen molar-refractivity contribution in [2.75, 3.05) is 6.54 Å². The van der Waals surface area contributed by atoms with E-state index in [1.165, 1.54) is 18.2 Å². The number of nitrogens with one attached hydrogen (secondary N) is 3. The highest BCUT2D eigenvalue weighted by Gasteiger charge is 2.30. The average Bonchev–Trinajstić information content (AvgIpc) is 3.09. The summed E-state index contributed by atoms with van der Waals surface area (Å²) in [6.07, 6.45) is 0.922. The number of rotatable bonds is 10. The molecule has 2 rings (SSSR count). The van der Waals surface area contributed by atoms with Crippen molar-refractivity contribution < 1.29 is 28.3 Å². The van der Waals surface area contributed by atoms with E-state index in [0.717, 1.165) is 0 Å². The molecule has 0 radical (unpaired) electrons. The lowest BCUT2D eigenvalue weighted by Crippen LogP contribution is -2.51. The third kappa shape index (κ3) is 7.46. The van der Waals surface area contributed by atoms with Gasteiger partial charge in [0.1, 0.15) is 24.8 Å². The lowest BCUT2D eigenvalue weighted by Gasteiger charge is -2.23. The smallest absolute Gasteiger partial charge is 0.408 e. The predicted molar refractivity (Wildman–Crippen MR) is 107 cm³/mol. The van der Waals surface area contributed by atoms with Gasteiger partial charge in [0.25, 0.3) is 0 Å². The molecule has 1 aliphatic heterocycles. The minimum absolute atomic E-state index is 0.0829. The van der Waals surface area contributed by atoms with Gasteiger partial charge in [-0.3, -0.25) is 9.59 Å². The molecule has 1 heterocycles. The van der Waals surface area contributed by atoms with Gasteiger partial charge in [0.05, 0.1) is 6.04 Å². The largest absolute Gasteiger partial charge is 0.445 e. The molecule has 9 heteroatoms. The van der Waals surface area contributed by atoms with Gasteiger partial charge in [-0.1, -0.05) is 26.0 Å². The number of hydrogen-bond acceptors (Lipinski definition) is 5. The Bertz CT molecular complexity index is 771. The average molecular weight is 421 g/mol. The molecule has 1 fully saturated rings. The molecule has 30 heavy (non-hydrogen) atoms. The maximum atomic E-state index is 13.2. The van der Waals surface area contributed by atoms with Crippen LogP contribution in [0, 0.1) is 17.7 Å². The van der Waals surface area contributed by atoms with Crippen molar-refractivity contribution in [2.24, 2.45) is 11.8 Å². The van der Waals surface area contributed by atoms with Gasteiger partial charge in [-0.25, -0.2) is 9.18 Å². The van der Waals surface area contributed by atoms with Crippen LogP contribution in [-0.4, -0.2) is 42.8 Å². The molecule has 0 saturated carbocycles. The van der Waals surface area contributed by atoms with Crippen LogP contribution in [0.25, 0.3) is 0 Å². The number of ether oxygens (including phenoxy) is 1. The minimum Gasteiger partial charge on any atom is -0.445 e. The summed E-state index contributed by atoms with van der Waals surface area (Å²) in [6.45, 7) is 4.19. The summed E-state index contributed by atoms with van der Waals surface area (Å²) in [5, 5.41) is 7.80. The Morgan fingerprint density at radius 2 is 2.10 bits per heavy atom. The fourth-order valence-electron chi connectivity index (χ4n) is 3.27. The molecule has 8 nitrogen and oxygen atoms in total. The molecule has 164 valence electrons. The lowest BCUT2D eigenvalue weighted by molar-refractivity contribution is -0.127. The van der Waals surface area contributed by atoms with E-state index in [1.807, 2.05) is 13.8 Å². The van der Waals surface area contributed by atoms with Crippen molar-refractivity contribution in [2.45, 2.75) is 51.8 Å². The van der Waals surface area contributed by atoms with E-state index in [0.29, 0.717) is 31.2 Å². The Morgan fingerprint density at radius 1 is 1.33 bits per heavy atom. The van der Waals surface area contributed by atoms with E-state index in [9.17, 15) is 23.6 Å². The summed E-state index contributed by atoms with van der Waals surface area (Å²) >= 11 is 0. The summed E-state index contributed by atoms with van der Waals surface area (Å²) in [4.78, 5) is 47.9. The zero-order valence-electron chi connectivity index (χ0n) is 17.2. The third-order valence-corrected chi connectivity index (χ3v) is 4.77. The second-order valence-electron chi connectivity index (χ2n) is 7.80. The Balaban J connectivity index is 1.92. The Labute approximate surface area is 174 Å². The molecule has 1 saturated heterocycles. The molecule has 1 aromatic rings. The predicted octanol–water partition coefficient (Wildman–Crippen LogP) is 1.68. The van der Waals surface area contributed by atoms with Gasteiger partial charge in [-0.05, 0) is 42.9 Å². The Morgan fingerprint density at radius 3 is 2.70 bits per heavy atom. The molecule has 0 aromatic heterocycles. The quantitative estimate of drug-likeness (QED) is 0.498. The molecule has 0 aliphatic carbocycles. The number of aldehydes is 1. The van der Waals surface area contributed by atoms with Gasteiger partial charge in [-0.15, -0.1) is 0 Å². The van der Waals surface area contributed by atoms with Crippen LogP contribution in [0.15, 0.2) is 24.3 Å². The molecule has 0 unspecified atom stereocenters. The van der Waals surface area contributed by atoms with Gasteiger partial charge >= 0.3 is 6.09 Å². The van der Waals surface area contributed by atoms with Crippen LogP contribution < -0.4 is 16.0 Å². The van der Waals surface area contributed by atoms with Crippen LogP contribution in [0.4, 0.5) is 9.18 Å². The van der Waals surface area contributed by atoms with Gasteiger partial charge in [0, 0.05) is 12.5 Å². The normalized spacial score (nSPS) is 17.7. The van der Waals surface area contributed by atoms with Crippen LogP contribution in [0.5, 0.6) is 0 Å². The number of carbonyl (C=O) groups excluding carboxylic acids is 4. The van der Waals surface area contributed by atoms with Crippen LogP contribution in [0.1, 0.15) is 38.7 Å². The van der Waals surface area contributed by atoms with E-state index in [4.69, 9.17) is 4.74 Å². The van der Waals surface area contributed by atoms with E-state index < -0.39 is 29.9 Å². The molecule has 0 bridgehead atoms. The fourth-order valence-corrected chi connectivity index (χ4v) is 3.27. The first-order chi connectivity index (χ1) is 14.3. The van der Waals surface area contributed by atoms with Crippen molar-refractivity contribution in [1.29, 1.82) is 0 Å². The summed E-state index contributed by atoms with van der Waals surface area (Å²) in [5.41, 5.74) is 0.478. The van der Waals surface area contributed by atoms with Gasteiger partial charge in [-0.2, -0.15) is 0 Å². The van der Waals surface area contributed by atoms with Crippen LogP contribution in [-0.2, 0) is 25.7 Å². The summed E-state index contributed by atoms with van der Waals surface area (Å²) in [6, 6.07) is 3.91. The van der Waals surface area contributed by atoms with Gasteiger partial charge in [0.2, 0.25) is 11.8 Å². The first-order valence-electron chi connectivity index (χ1n) is 9.99. The highest BCUT2D eigenvalue weighted by Crippen LogP contribution is 2.16. The monoisotopic (exact) mass is 421 g/mol. The second-order valence-corrected chi connectivity index (χ2v) is 7.80. The van der Waals surface area contributed by atoms with Crippen LogP contribution in [0.3, 0.4) is 0 Å². The van der Waals surface area contributed by atoms with Crippen LogP contribution in [0.2, 0.25) is 0 Å². The van der Waals surface area contributed by atoms with E-state index >= 15 is 0 Å². The van der Waals surface area contributed by atoms with Crippen molar-refractivity contribution in [3.63, 3.8) is 0 Å². The minimum atomic E-state index is -0.912. The maximum Gasteiger partial charge on any atom is 0.408 e. The Kier molecular flexibility index (Phi) is 8.76. The molecule has 3 amide bonds. The van der Waals surface area contributed by atoms with Crippen molar-refractivity contribution in [3.8, 4) is 0 Å². The number of alkyl carbamates (subject to hydrolysis) is 1. The Hall–Kier alpha value is -2.97. The standard InChI is InChI=1S/C21H28FN3O5/c1-13(2)8-18(25-21(29)30-12-14-4-3-5-16(22)9-14)20(28)24-17(11-26)10-15-6-7-23-19(15)27/h3-5,9,11,13,15,17-18H,6-8,10,12H2,1-2H3,(H,23,27)(H,24,28)(H,25,29)/t15-,17-,18-/m0/s1. The number of hydrogen-bond donors (Lipinski definition) is 3. The fraction of sp³-hybridized carbons (Fsp3) is 0.524. The van der Waals surface area contributed by atoms with Gasteiger partial charge in [0.15, 0.2) is 0 Å². The first kappa shape index (κ1) is 23.3. The van der Waals surface area contributed by atoms with Crippen molar-refractivity contribution >= 4 is 24.2 Å². The number of amides is 3. The molecule has 3 N–H and O–H groups in total. The summed E-state index contributed by atoms with van der Waals surface area (Å²) in [7, 11) is 0. The van der Waals surface area contributed by atoms with E-state index in [1.54, 1.807) is 6.07 Å².